The number of nitrogens with zero attached hydrogens (tertiary/aromatic N) is 2. The molecule has 1 aromatic carbocycles. The summed E-state index contributed by atoms with van der Waals surface area (Å²) >= 11 is 0. The highest BCUT2D eigenvalue weighted by atomic mass is 16.5. The topological polar surface area (TPSA) is 87.7 Å². The van der Waals surface area contributed by atoms with Gasteiger partial charge in [0.1, 0.15) is 11.6 Å². The number of nitriles is 1. The Morgan fingerprint density at radius 2 is 1.82 bits per heavy atom. The monoisotopic (exact) mass is 294 g/mol. The van der Waals surface area contributed by atoms with Gasteiger partial charge < -0.3 is 10.5 Å². The van der Waals surface area contributed by atoms with Crippen LogP contribution >= 0.6 is 0 Å². The lowest BCUT2D eigenvalue weighted by molar-refractivity contribution is 0.378. The number of allylic oxidation sites excluding steroid dienone is 1. The molecule has 5 nitrogen and oxygen atoms in total. The van der Waals surface area contributed by atoms with Gasteiger partial charge in [-0.2, -0.15) is 5.26 Å². The second-order valence-corrected chi connectivity index (χ2v) is 5.80. The number of aromatic nitrogens is 2. The number of hydrogen-bond donors (Lipinski definition) is 2. The van der Waals surface area contributed by atoms with Crippen molar-refractivity contribution in [1.29, 1.82) is 5.26 Å². The minimum Gasteiger partial charge on any atom is -0.420 e. The van der Waals surface area contributed by atoms with Crippen LogP contribution in [0.2, 0.25) is 0 Å². The van der Waals surface area contributed by atoms with E-state index in [9.17, 15) is 5.26 Å². The summed E-state index contributed by atoms with van der Waals surface area (Å²) in [5, 5.41) is 16.7. The molecule has 0 fully saturated rings. The van der Waals surface area contributed by atoms with Gasteiger partial charge in [-0.15, -0.1) is 5.10 Å². The molecule has 1 aliphatic heterocycles. The zero-order valence-electron chi connectivity index (χ0n) is 13.1. The Morgan fingerprint density at radius 1 is 1.18 bits per heavy atom. The van der Waals surface area contributed by atoms with E-state index in [-0.39, 0.29) is 11.8 Å². The number of ether oxygens (including phenoxy) is 1. The predicted octanol–water partition coefficient (Wildman–Crippen LogP) is 2.86. The van der Waals surface area contributed by atoms with E-state index in [1.54, 1.807) is 0 Å². The largest absolute Gasteiger partial charge is 0.420 e. The molecule has 5 heteroatoms. The molecular weight excluding hydrogens is 276 g/mol. The zero-order chi connectivity index (χ0) is 16.0. The van der Waals surface area contributed by atoms with E-state index in [2.05, 4.69) is 49.2 Å². The van der Waals surface area contributed by atoms with Gasteiger partial charge in [0.15, 0.2) is 0 Å². The molecule has 0 saturated carbocycles. The van der Waals surface area contributed by atoms with Crippen molar-refractivity contribution in [2.75, 3.05) is 0 Å². The Kier molecular flexibility index (Phi) is 3.18. The first kappa shape index (κ1) is 14.2. The highest BCUT2D eigenvalue weighted by Gasteiger charge is 2.35. The number of H-pyrrole nitrogens is 1. The van der Waals surface area contributed by atoms with Crippen molar-refractivity contribution in [3.8, 4) is 11.9 Å². The van der Waals surface area contributed by atoms with Crippen LogP contribution in [0.1, 0.15) is 39.4 Å². The zero-order valence-corrected chi connectivity index (χ0v) is 13.1. The van der Waals surface area contributed by atoms with Gasteiger partial charge in [-0.05, 0) is 44.4 Å². The Balaban J connectivity index is 2.33. The molecule has 2 aromatic rings. The number of fused-ring (bicyclic) bond motifs is 1. The summed E-state index contributed by atoms with van der Waals surface area (Å²) in [5.41, 5.74) is 12.7. The van der Waals surface area contributed by atoms with Gasteiger partial charge in [0.25, 0.3) is 0 Å². The molecule has 1 aromatic heterocycles. The first-order valence-corrected chi connectivity index (χ1v) is 7.14. The van der Waals surface area contributed by atoms with Gasteiger partial charge in [-0.3, -0.25) is 5.10 Å². The summed E-state index contributed by atoms with van der Waals surface area (Å²) in [7, 11) is 0. The van der Waals surface area contributed by atoms with Crippen molar-refractivity contribution in [2.45, 2.75) is 33.6 Å². The molecule has 0 unspecified atom stereocenters. The van der Waals surface area contributed by atoms with Crippen LogP contribution in [0.3, 0.4) is 0 Å². The van der Waals surface area contributed by atoms with Gasteiger partial charge in [-0.1, -0.05) is 17.7 Å². The summed E-state index contributed by atoms with van der Waals surface area (Å²) < 4.78 is 5.50. The number of hydrogen-bond acceptors (Lipinski definition) is 4. The molecule has 0 bridgehead atoms. The minimum atomic E-state index is -0.243. The standard InChI is InChI=1S/C17H18N4O/c1-8-5-9(2)13(10(3)6-8)15-12(7-18)16(19)22-17-14(15)11(4)20-21-17/h5-6,15H,19H2,1-4H3,(H,20,21)/t15-/m1/s1. The molecule has 0 saturated heterocycles. The molecular formula is C17H18N4O. The molecule has 0 aliphatic carbocycles. The highest BCUT2D eigenvalue weighted by Crippen LogP contribution is 2.44. The second-order valence-electron chi connectivity index (χ2n) is 5.80. The van der Waals surface area contributed by atoms with E-state index in [1.165, 1.54) is 5.56 Å². The van der Waals surface area contributed by atoms with Gasteiger partial charge in [-0.25, -0.2) is 0 Å². The van der Waals surface area contributed by atoms with Crippen LogP contribution < -0.4 is 10.5 Å². The van der Waals surface area contributed by atoms with Crippen LogP contribution in [-0.2, 0) is 0 Å². The molecule has 2 heterocycles. The summed E-state index contributed by atoms with van der Waals surface area (Å²) in [6.07, 6.45) is 0. The fourth-order valence-electron chi connectivity index (χ4n) is 3.33. The lowest BCUT2D eigenvalue weighted by atomic mass is 9.79. The highest BCUT2D eigenvalue weighted by molar-refractivity contribution is 5.58. The molecule has 3 rings (SSSR count). The molecule has 0 spiro atoms. The number of aryl methyl sites for hydroxylation is 4. The molecule has 1 atom stereocenters. The Hall–Kier alpha value is -2.74. The normalized spacial score (nSPS) is 17.0. The van der Waals surface area contributed by atoms with Crippen LogP contribution in [0.15, 0.2) is 23.6 Å². The van der Waals surface area contributed by atoms with Crippen LogP contribution in [0.4, 0.5) is 0 Å². The average Bonchev–Trinajstić information content (AvgIpc) is 2.78. The number of nitrogens with two attached hydrogens (primary N) is 1. The smallest absolute Gasteiger partial charge is 0.244 e. The molecule has 112 valence electrons. The van der Waals surface area contributed by atoms with E-state index >= 15 is 0 Å². The van der Waals surface area contributed by atoms with Gasteiger partial charge in [0.05, 0.1) is 5.92 Å². The van der Waals surface area contributed by atoms with Crippen molar-refractivity contribution in [1.82, 2.24) is 10.2 Å². The van der Waals surface area contributed by atoms with Crippen molar-refractivity contribution in [3.63, 3.8) is 0 Å². The Morgan fingerprint density at radius 3 is 2.41 bits per heavy atom. The number of aromatic amines is 1. The van der Waals surface area contributed by atoms with E-state index in [1.807, 2.05) is 6.92 Å². The number of nitrogens with one attached hydrogen (secondary N) is 1. The number of benzene rings is 1. The number of rotatable bonds is 1. The molecule has 3 N–H and O–H groups in total. The molecule has 22 heavy (non-hydrogen) atoms. The average molecular weight is 294 g/mol. The van der Waals surface area contributed by atoms with Crippen LogP contribution in [0, 0.1) is 39.0 Å². The summed E-state index contributed by atoms with van der Waals surface area (Å²) in [4.78, 5) is 0. The van der Waals surface area contributed by atoms with E-state index in [0.717, 1.165) is 27.9 Å². The summed E-state index contributed by atoms with van der Waals surface area (Å²) in [6, 6.07) is 6.46. The third-order valence-corrected chi connectivity index (χ3v) is 4.16. The van der Waals surface area contributed by atoms with Crippen LogP contribution in [-0.4, -0.2) is 10.2 Å². The van der Waals surface area contributed by atoms with E-state index in [0.29, 0.717) is 11.5 Å². The third kappa shape index (κ3) is 1.96. The van der Waals surface area contributed by atoms with Crippen molar-refractivity contribution >= 4 is 0 Å². The first-order chi connectivity index (χ1) is 10.4. The van der Waals surface area contributed by atoms with Crippen LogP contribution in [0.25, 0.3) is 0 Å². The SMILES string of the molecule is Cc1cc(C)c([C@H]2C(C#N)=C(N)Oc3n[nH]c(C)c32)c(C)c1. The summed E-state index contributed by atoms with van der Waals surface area (Å²) in [6.45, 7) is 8.12. The van der Waals surface area contributed by atoms with E-state index in [4.69, 9.17) is 10.5 Å². The second kappa shape index (κ2) is 4.92. The Bertz CT molecular complexity index is 816. The van der Waals surface area contributed by atoms with E-state index < -0.39 is 0 Å². The molecule has 0 amide bonds. The van der Waals surface area contributed by atoms with Gasteiger partial charge in [0.2, 0.25) is 11.8 Å². The molecule has 0 radical (unpaired) electrons. The predicted molar refractivity (Wildman–Crippen MR) is 83.3 cm³/mol. The fourth-order valence-corrected chi connectivity index (χ4v) is 3.33. The maximum atomic E-state index is 9.59. The van der Waals surface area contributed by atoms with Crippen molar-refractivity contribution < 1.29 is 4.74 Å². The fraction of sp³-hybridized carbons (Fsp3) is 0.294. The Labute approximate surface area is 129 Å². The minimum absolute atomic E-state index is 0.130. The maximum Gasteiger partial charge on any atom is 0.244 e. The lowest BCUT2D eigenvalue weighted by Gasteiger charge is -2.26. The lowest BCUT2D eigenvalue weighted by Crippen LogP contribution is -2.22. The van der Waals surface area contributed by atoms with Crippen LogP contribution in [0.5, 0.6) is 5.88 Å². The maximum absolute atomic E-state index is 9.59. The van der Waals surface area contributed by atoms with Gasteiger partial charge in [0, 0.05) is 11.3 Å². The van der Waals surface area contributed by atoms with Crippen molar-refractivity contribution in [3.05, 3.63) is 57.1 Å². The quantitative estimate of drug-likeness (QED) is 0.846. The molecule has 1 aliphatic rings. The van der Waals surface area contributed by atoms with Gasteiger partial charge >= 0.3 is 0 Å². The third-order valence-electron chi connectivity index (χ3n) is 4.16. The van der Waals surface area contributed by atoms with Crippen molar-refractivity contribution in [2.24, 2.45) is 5.73 Å². The summed E-state index contributed by atoms with van der Waals surface area (Å²) in [5.74, 6) is 0.345. The first-order valence-electron chi connectivity index (χ1n) is 7.14.